The summed E-state index contributed by atoms with van der Waals surface area (Å²) in [5.41, 5.74) is 8.95. The quantitative estimate of drug-likeness (QED) is 0.848. The summed E-state index contributed by atoms with van der Waals surface area (Å²) < 4.78 is 5.73. The number of nitrogens with one attached hydrogen (secondary N) is 2. The Morgan fingerprint density at radius 3 is 2.85 bits per heavy atom. The molecule has 20 heavy (non-hydrogen) atoms. The van der Waals surface area contributed by atoms with Crippen molar-refractivity contribution in [3.63, 3.8) is 0 Å². The van der Waals surface area contributed by atoms with Crippen LogP contribution in [0.4, 0.5) is 0 Å². The molecule has 102 valence electrons. The van der Waals surface area contributed by atoms with Crippen molar-refractivity contribution in [2.24, 2.45) is 0 Å². The lowest BCUT2D eigenvalue weighted by Gasteiger charge is -2.19. The number of fused-ring (bicyclic) bond motifs is 1. The molecule has 1 aromatic heterocycles. The van der Waals surface area contributed by atoms with Crippen LogP contribution in [-0.4, -0.2) is 5.91 Å². The molecule has 0 spiro atoms. The molecular formula is C15H13BrN2O2. The fourth-order valence-corrected chi connectivity index (χ4v) is 2.53. The summed E-state index contributed by atoms with van der Waals surface area (Å²) in [5.74, 6) is -0.0475. The molecule has 5 heteroatoms. The Bertz CT molecular complexity index is 676. The van der Waals surface area contributed by atoms with Crippen LogP contribution in [0.5, 0.6) is 0 Å². The minimum Gasteiger partial charge on any atom is -0.444 e. The van der Waals surface area contributed by atoms with Crippen molar-refractivity contribution in [1.29, 1.82) is 0 Å². The van der Waals surface area contributed by atoms with Crippen molar-refractivity contribution in [1.82, 2.24) is 10.9 Å². The number of allylic oxidation sites excluding steroid dienone is 1. The maximum absolute atomic E-state index is 11.9. The average molecular weight is 333 g/mol. The molecule has 0 aliphatic heterocycles. The first kappa shape index (κ1) is 13.0. The number of carbonyl (C=O) groups excluding carboxylic acids is 1. The molecule has 1 aliphatic carbocycles. The second-order valence-electron chi connectivity index (χ2n) is 4.50. The third-order valence-corrected chi connectivity index (χ3v) is 3.60. The van der Waals surface area contributed by atoms with Crippen LogP contribution in [-0.2, 0) is 6.42 Å². The molecule has 0 saturated carbocycles. The Morgan fingerprint density at radius 1 is 1.20 bits per heavy atom. The van der Waals surface area contributed by atoms with Crippen LogP contribution in [0.25, 0.3) is 5.70 Å². The Hall–Kier alpha value is -2.01. The van der Waals surface area contributed by atoms with E-state index in [0.29, 0.717) is 4.67 Å². The molecule has 0 bridgehead atoms. The van der Waals surface area contributed by atoms with E-state index in [1.54, 1.807) is 12.1 Å². The Kier molecular flexibility index (Phi) is 3.60. The van der Waals surface area contributed by atoms with Gasteiger partial charge in [-0.05, 0) is 46.5 Å². The van der Waals surface area contributed by atoms with Gasteiger partial charge in [0, 0.05) is 5.56 Å². The molecule has 0 atom stereocenters. The van der Waals surface area contributed by atoms with Crippen LogP contribution in [0.1, 0.15) is 28.1 Å². The van der Waals surface area contributed by atoms with Gasteiger partial charge in [0.25, 0.3) is 0 Å². The molecule has 3 rings (SSSR count). The van der Waals surface area contributed by atoms with Crippen molar-refractivity contribution in [2.75, 3.05) is 0 Å². The van der Waals surface area contributed by atoms with Gasteiger partial charge in [-0.25, -0.2) is 0 Å². The summed E-state index contributed by atoms with van der Waals surface area (Å²) in [6, 6.07) is 11.5. The van der Waals surface area contributed by atoms with Crippen LogP contribution < -0.4 is 10.9 Å². The average Bonchev–Trinajstić information content (AvgIpc) is 2.91. The van der Waals surface area contributed by atoms with Crippen LogP contribution in [0.15, 0.2) is 51.6 Å². The fourth-order valence-electron chi connectivity index (χ4n) is 2.22. The summed E-state index contributed by atoms with van der Waals surface area (Å²) in [6.07, 6.45) is 4.07. The fraction of sp³-hybridized carbons (Fsp3) is 0.133. The summed E-state index contributed by atoms with van der Waals surface area (Å²) in [4.78, 5) is 11.9. The predicted molar refractivity (Wildman–Crippen MR) is 79.7 cm³/mol. The van der Waals surface area contributed by atoms with E-state index in [9.17, 15) is 4.79 Å². The van der Waals surface area contributed by atoms with E-state index in [0.717, 1.165) is 24.1 Å². The summed E-state index contributed by atoms with van der Waals surface area (Å²) in [7, 11) is 0. The molecule has 0 fully saturated rings. The highest BCUT2D eigenvalue weighted by molar-refractivity contribution is 9.10. The molecule has 0 saturated heterocycles. The van der Waals surface area contributed by atoms with Gasteiger partial charge in [0.15, 0.2) is 10.4 Å². The molecule has 0 radical (unpaired) electrons. The molecule has 4 nitrogen and oxygen atoms in total. The highest BCUT2D eigenvalue weighted by Gasteiger charge is 2.14. The van der Waals surface area contributed by atoms with E-state index < -0.39 is 0 Å². The highest BCUT2D eigenvalue weighted by atomic mass is 79.9. The molecule has 2 N–H and O–H groups in total. The van der Waals surface area contributed by atoms with Crippen molar-refractivity contribution >= 4 is 27.5 Å². The predicted octanol–water partition coefficient (Wildman–Crippen LogP) is 3.26. The van der Waals surface area contributed by atoms with E-state index in [2.05, 4.69) is 38.9 Å². The molecule has 1 aromatic carbocycles. The van der Waals surface area contributed by atoms with Gasteiger partial charge in [0.1, 0.15) is 0 Å². The van der Waals surface area contributed by atoms with E-state index in [-0.39, 0.29) is 11.7 Å². The zero-order chi connectivity index (χ0) is 13.9. The lowest BCUT2D eigenvalue weighted by atomic mass is 9.95. The van der Waals surface area contributed by atoms with Crippen molar-refractivity contribution in [2.45, 2.75) is 12.8 Å². The number of hydrogen-bond donors (Lipinski definition) is 2. The van der Waals surface area contributed by atoms with Gasteiger partial charge in [-0.15, -0.1) is 0 Å². The summed E-state index contributed by atoms with van der Waals surface area (Å²) in [5, 5.41) is 0. The number of halogens is 1. The van der Waals surface area contributed by atoms with Crippen molar-refractivity contribution in [3.05, 3.63) is 64.0 Å². The molecule has 2 aromatic rings. The van der Waals surface area contributed by atoms with E-state index >= 15 is 0 Å². The third kappa shape index (κ3) is 2.63. The van der Waals surface area contributed by atoms with Gasteiger partial charge < -0.3 is 4.42 Å². The zero-order valence-electron chi connectivity index (χ0n) is 10.7. The SMILES string of the molecule is O=C(NNC1=CCCc2ccccc21)c1ccc(Br)o1. The molecule has 0 unspecified atom stereocenters. The molecule has 1 heterocycles. The molecular weight excluding hydrogens is 320 g/mol. The van der Waals surface area contributed by atoms with Gasteiger partial charge in [-0.1, -0.05) is 30.3 Å². The number of aryl methyl sites for hydroxylation is 1. The second-order valence-corrected chi connectivity index (χ2v) is 5.28. The van der Waals surface area contributed by atoms with Crippen molar-refractivity contribution < 1.29 is 9.21 Å². The zero-order valence-corrected chi connectivity index (χ0v) is 12.2. The first-order valence-corrected chi connectivity index (χ1v) is 7.13. The lowest BCUT2D eigenvalue weighted by molar-refractivity contribution is 0.0913. The van der Waals surface area contributed by atoms with Crippen LogP contribution in [0, 0.1) is 0 Å². The lowest BCUT2D eigenvalue weighted by Crippen LogP contribution is -2.36. The van der Waals surface area contributed by atoms with Gasteiger partial charge in [-0.3, -0.25) is 15.6 Å². The number of benzene rings is 1. The third-order valence-electron chi connectivity index (χ3n) is 3.18. The summed E-state index contributed by atoms with van der Waals surface area (Å²) in [6.45, 7) is 0. The Balaban J connectivity index is 1.70. The van der Waals surface area contributed by atoms with Crippen molar-refractivity contribution in [3.8, 4) is 0 Å². The number of furan rings is 1. The number of hydrogen-bond acceptors (Lipinski definition) is 3. The normalized spacial score (nSPS) is 13.3. The van der Waals surface area contributed by atoms with Gasteiger partial charge >= 0.3 is 5.91 Å². The summed E-state index contributed by atoms with van der Waals surface area (Å²) >= 11 is 3.17. The van der Waals surface area contributed by atoms with Gasteiger partial charge in [0.05, 0.1) is 5.70 Å². The van der Waals surface area contributed by atoms with E-state index in [4.69, 9.17) is 4.42 Å². The number of hydrazine groups is 1. The number of carbonyl (C=O) groups is 1. The molecule has 1 aliphatic rings. The smallest absolute Gasteiger partial charge is 0.305 e. The first-order valence-electron chi connectivity index (χ1n) is 6.34. The Morgan fingerprint density at radius 2 is 2.05 bits per heavy atom. The Labute approximate surface area is 125 Å². The van der Waals surface area contributed by atoms with Gasteiger partial charge in [-0.2, -0.15) is 0 Å². The van der Waals surface area contributed by atoms with E-state index in [1.807, 2.05) is 18.2 Å². The highest BCUT2D eigenvalue weighted by Crippen LogP contribution is 2.23. The van der Waals surface area contributed by atoms with Gasteiger partial charge in [0.2, 0.25) is 0 Å². The standard InChI is InChI=1S/C15H13BrN2O2/c16-14-9-8-13(20-14)15(19)18-17-12-7-3-5-10-4-1-2-6-11(10)12/h1-2,4,6-9,17H,3,5H2,(H,18,19). The minimum absolute atomic E-state index is 0.258. The topological polar surface area (TPSA) is 54.3 Å². The van der Waals surface area contributed by atoms with Crippen LogP contribution in [0.2, 0.25) is 0 Å². The number of rotatable bonds is 3. The second kappa shape index (κ2) is 5.54. The first-order chi connectivity index (χ1) is 9.74. The number of amides is 1. The molecule has 1 amide bonds. The van der Waals surface area contributed by atoms with Crippen LogP contribution in [0.3, 0.4) is 0 Å². The van der Waals surface area contributed by atoms with Crippen LogP contribution >= 0.6 is 15.9 Å². The monoisotopic (exact) mass is 332 g/mol. The van der Waals surface area contributed by atoms with E-state index in [1.165, 1.54) is 5.56 Å². The maximum Gasteiger partial charge on any atom is 0.305 e. The maximum atomic E-state index is 11.9. The largest absolute Gasteiger partial charge is 0.444 e. The minimum atomic E-state index is -0.306.